The lowest BCUT2D eigenvalue weighted by Gasteiger charge is -2.02. The van der Waals surface area contributed by atoms with E-state index in [9.17, 15) is 8.76 Å². The molecule has 0 aromatic rings. The lowest BCUT2D eigenvalue weighted by Crippen LogP contribution is -2.14. The Hall–Kier alpha value is 0.0300. The van der Waals surface area contributed by atoms with Gasteiger partial charge in [-0.05, 0) is 0 Å². The van der Waals surface area contributed by atoms with Gasteiger partial charge in [-0.1, -0.05) is 6.92 Å². The van der Waals surface area contributed by atoms with E-state index in [0.29, 0.717) is 6.54 Å². The van der Waals surface area contributed by atoms with Crippen LogP contribution in [0.5, 0.6) is 0 Å². The van der Waals surface area contributed by atoms with Crippen LogP contribution in [0.15, 0.2) is 0 Å². The van der Waals surface area contributed by atoms with Crippen molar-refractivity contribution in [1.29, 1.82) is 0 Å². The summed E-state index contributed by atoms with van der Waals surface area (Å²) in [6.07, 6.45) is 0. The minimum atomic E-state index is -2.43. The second-order valence-corrected chi connectivity index (χ2v) is 1.36. The summed E-state index contributed by atoms with van der Waals surface area (Å²) in [6.45, 7) is 2.21. The van der Waals surface area contributed by atoms with Crippen molar-refractivity contribution in [2.24, 2.45) is 0 Å². The van der Waals surface area contributed by atoms with Crippen molar-refractivity contribution in [3.05, 3.63) is 0 Å². The molecular formula is C2H6NO3S-. The van der Waals surface area contributed by atoms with E-state index in [1.807, 2.05) is 0 Å². The van der Waals surface area contributed by atoms with Crippen molar-refractivity contribution in [3.63, 3.8) is 0 Å². The van der Waals surface area contributed by atoms with Gasteiger partial charge in [-0.25, -0.2) is 8.49 Å². The van der Waals surface area contributed by atoms with E-state index in [4.69, 9.17) is 0 Å². The fourth-order valence-electron chi connectivity index (χ4n) is 0.107. The molecule has 0 aromatic carbocycles. The zero-order valence-electron chi connectivity index (χ0n) is 3.84. The molecule has 0 heterocycles. The number of hydrogen-bond acceptors (Lipinski definition) is 4. The Labute approximate surface area is 44.3 Å². The molecule has 5 heteroatoms. The molecule has 0 bridgehead atoms. The van der Waals surface area contributed by atoms with Crippen molar-refractivity contribution < 1.29 is 13.0 Å². The summed E-state index contributed by atoms with van der Waals surface area (Å²) >= 11 is -2.43. The summed E-state index contributed by atoms with van der Waals surface area (Å²) in [6, 6.07) is 0. The molecule has 44 valence electrons. The summed E-state index contributed by atoms with van der Waals surface area (Å²) in [7, 11) is 0. The molecule has 0 saturated heterocycles. The largest absolute Gasteiger partial charge is 0.748 e. The molecule has 0 aliphatic carbocycles. The van der Waals surface area contributed by atoms with E-state index in [1.54, 1.807) is 6.92 Å². The first-order valence-electron chi connectivity index (χ1n) is 1.76. The van der Waals surface area contributed by atoms with Crippen molar-refractivity contribution in [3.8, 4) is 0 Å². The van der Waals surface area contributed by atoms with Gasteiger partial charge >= 0.3 is 0 Å². The second kappa shape index (κ2) is 4.20. The van der Waals surface area contributed by atoms with Gasteiger partial charge in [0.05, 0.1) is 0 Å². The third kappa shape index (κ3) is 6.03. The average molecular weight is 124 g/mol. The van der Waals surface area contributed by atoms with Crippen LogP contribution in [0.25, 0.3) is 0 Å². The lowest BCUT2D eigenvalue weighted by molar-refractivity contribution is 0.201. The van der Waals surface area contributed by atoms with E-state index in [2.05, 4.69) is 9.76 Å². The zero-order valence-corrected chi connectivity index (χ0v) is 4.66. The van der Waals surface area contributed by atoms with Gasteiger partial charge in [0.2, 0.25) is 0 Å². The van der Waals surface area contributed by atoms with Gasteiger partial charge in [0.25, 0.3) is 0 Å². The number of rotatable bonds is 3. The Kier molecular flexibility index (Phi) is 4.21. The van der Waals surface area contributed by atoms with Crippen molar-refractivity contribution in [1.82, 2.24) is 5.48 Å². The summed E-state index contributed by atoms with van der Waals surface area (Å²) in [5.74, 6) is 0. The molecule has 1 atom stereocenters. The first-order valence-corrected chi connectivity index (χ1v) is 2.76. The van der Waals surface area contributed by atoms with E-state index in [0.717, 1.165) is 0 Å². The fraction of sp³-hybridized carbons (Fsp3) is 1.00. The molecular weight excluding hydrogens is 118 g/mol. The summed E-state index contributed by atoms with van der Waals surface area (Å²) in [4.78, 5) is 0. The van der Waals surface area contributed by atoms with Gasteiger partial charge in [0.15, 0.2) is 0 Å². The molecule has 0 fully saturated rings. The SMILES string of the molecule is CCNOS(=O)[O-]. The molecule has 0 saturated carbocycles. The molecule has 1 N–H and O–H groups in total. The predicted octanol–water partition coefficient (Wildman–Crippen LogP) is -0.678. The van der Waals surface area contributed by atoms with E-state index in [-0.39, 0.29) is 0 Å². The second-order valence-electron chi connectivity index (χ2n) is 0.785. The van der Waals surface area contributed by atoms with Crippen LogP contribution in [0.4, 0.5) is 0 Å². The van der Waals surface area contributed by atoms with Crippen LogP contribution in [0.1, 0.15) is 6.92 Å². The first-order chi connectivity index (χ1) is 3.27. The molecule has 0 radical (unpaired) electrons. The molecule has 0 aliphatic heterocycles. The van der Waals surface area contributed by atoms with Crippen LogP contribution < -0.4 is 5.48 Å². The van der Waals surface area contributed by atoms with Crippen LogP contribution >= 0.6 is 0 Å². The molecule has 0 spiro atoms. The molecule has 4 nitrogen and oxygen atoms in total. The van der Waals surface area contributed by atoms with Crippen LogP contribution in [0, 0.1) is 0 Å². The van der Waals surface area contributed by atoms with Gasteiger partial charge in [-0.3, -0.25) is 0 Å². The first kappa shape index (κ1) is 7.03. The topological polar surface area (TPSA) is 61.4 Å². The highest BCUT2D eigenvalue weighted by Crippen LogP contribution is 1.67. The van der Waals surface area contributed by atoms with Crippen LogP contribution in [0.3, 0.4) is 0 Å². The van der Waals surface area contributed by atoms with E-state index >= 15 is 0 Å². The number of nitrogens with one attached hydrogen (secondary N) is 1. The minimum Gasteiger partial charge on any atom is -0.748 e. The maximum absolute atomic E-state index is 9.47. The third-order valence-electron chi connectivity index (χ3n) is 0.271. The van der Waals surface area contributed by atoms with Crippen LogP contribution in [-0.2, 0) is 15.6 Å². The van der Waals surface area contributed by atoms with Crippen molar-refractivity contribution in [2.45, 2.75) is 6.92 Å². The third-order valence-corrected chi connectivity index (χ3v) is 0.525. The maximum Gasteiger partial charge on any atom is 0.105 e. The van der Waals surface area contributed by atoms with Gasteiger partial charge in [0, 0.05) is 6.54 Å². The van der Waals surface area contributed by atoms with E-state index in [1.165, 1.54) is 0 Å². The Morgan fingerprint density at radius 2 is 2.57 bits per heavy atom. The van der Waals surface area contributed by atoms with Crippen molar-refractivity contribution >= 4 is 11.4 Å². The summed E-state index contributed by atoms with van der Waals surface area (Å²) in [5.41, 5.74) is 2.14. The standard InChI is InChI=1S/C2H7NO3S/c1-2-3-6-7(4)5/h3H,2H2,1H3,(H,4,5)/p-1. The van der Waals surface area contributed by atoms with Gasteiger partial charge < -0.3 is 4.55 Å². The monoisotopic (exact) mass is 124 g/mol. The lowest BCUT2D eigenvalue weighted by atomic mass is 10.8. The summed E-state index contributed by atoms with van der Waals surface area (Å²) < 4.78 is 22.8. The van der Waals surface area contributed by atoms with Crippen molar-refractivity contribution in [2.75, 3.05) is 6.54 Å². The minimum absolute atomic E-state index is 0.480. The number of hydroxylamine groups is 1. The fourth-order valence-corrected chi connectivity index (χ4v) is 0.321. The normalized spacial score (nSPS) is 14.0. The highest BCUT2D eigenvalue weighted by Gasteiger charge is 1.74. The van der Waals surface area contributed by atoms with Gasteiger partial charge in [-0.2, -0.15) is 5.48 Å². The van der Waals surface area contributed by atoms with E-state index < -0.39 is 11.4 Å². The summed E-state index contributed by atoms with van der Waals surface area (Å²) in [5, 5.41) is 0. The molecule has 0 aromatic heterocycles. The van der Waals surface area contributed by atoms with Gasteiger partial charge in [0.1, 0.15) is 11.4 Å². The highest BCUT2D eigenvalue weighted by molar-refractivity contribution is 7.74. The maximum atomic E-state index is 9.47. The number of hydrogen-bond donors (Lipinski definition) is 1. The quantitative estimate of drug-likeness (QED) is 0.400. The molecule has 0 aliphatic rings. The molecule has 0 rings (SSSR count). The molecule has 1 unspecified atom stereocenters. The molecule has 7 heavy (non-hydrogen) atoms. The Bertz CT molecular complexity index is 66.0. The van der Waals surface area contributed by atoms with Crippen LogP contribution in [-0.4, -0.2) is 15.3 Å². The smallest absolute Gasteiger partial charge is 0.105 e. The average Bonchev–Trinajstić information content (AvgIpc) is 1.61. The Balaban J connectivity index is 2.82. The Morgan fingerprint density at radius 3 is 2.71 bits per heavy atom. The molecule has 0 amide bonds. The van der Waals surface area contributed by atoms with Crippen LogP contribution in [0.2, 0.25) is 0 Å². The highest BCUT2D eigenvalue weighted by atomic mass is 32.2. The Morgan fingerprint density at radius 1 is 2.00 bits per heavy atom. The van der Waals surface area contributed by atoms with Gasteiger partial charge in [-0.15, -0.1) is 0 Å². The predicted molar refractivity (Wildman–Crippen MR) is 23.7 cm³/mol. The zero-order chi connectivity index (χ0) is 5.70.